The molecule has 2 heteroatoms. The van der Waals surface area contributed by atoms with Crippen LogP contribution < -0.4 is 4.98 Å². The van der Waals surface area contributed by atoms with Crippen LogP contribution in [-0.2, 0) is 26.5 Å². The predicted molar refractivity (Wildman–Crippen MR) is 143 cm³/mol. The van der Waals surface area contributed by atoms with Crippen molar-refractivity contribution < 1.29 is 21.1 Å². The van der Waals surface area contributed by atoms with Crippen molar-refractivity contribution in [1.29, 1.82) is 0 Å². The number of hydrogen-bond acceptors (Lipinski definition) is 0. The Balaban J connectivity index is 0.00000205. The minimum absolute atomic E-state index is 0. The van der Waals surface area contributed by atoms with E-state index < -0.39 is 0 Å². The molecule has 4 fully saturated rings. The molecule has 5 aliphatic rings. The maximum atomic E-state index is 4.93. The molecule has 0 saturated heterocycles. The van der Waals surface area contributed by atoms with Gasteiger partial charge in [0.05, 0.1) is 0 Å². The molecule has 0 aliphatic heterocycles. The van der Waals surface area contributed by atoms with E-state index in [9.17, 15) is 0 Å². The van der Waals surface area contributed by atoms with Crippen molar-refractivity contribution in [1.82, 2.24) is 4.98 Å². The number of aromatic nitrogens is 1. The van der Waals surface area contributed by atoms with Gasteiger partial charge in [0.2, 0.25) is 0 Å². The zero-order valence-electron chi connectivity index (χ0n) is 20.3. The van der Waals surface area contributed by atoms with E-state index in [2.05, 4.69) is 84.9 Å². The fraction of sp³-hybridized carbons (Fsp3) is 0.294. The van der Waals surface area contributed by atoms with Crippen molar-refractivity contribution in [3.63, 3.8) is 0 Å². The molecule has 5 aliphatic carbocycles. The van der Waals surface area contributed by atoms with Crippen LogP contribution in [0.1, 0.15) is 43.2 Å². The summed E-state index contributed by atoms with van der Waals surface area (Å²) in [6.45, 7) is 0. The largest absolute Gasteiger partial charge is 0.657 e. The SMILES string of the molecule is [W].c1ccc2c(c1)-c1cc(-c3cccc4[n-]c5ccccc5c34)ccc1C21C2CC3CC(C2)CC1C3. The summed E-state index contributed by atoms with van der Waals surface area (Å²) in [5.74, 6) is 3.60. The van der Waals surface area contributed by atoms with Gasteiger partial charge in [0, 0.05) is 26.5 Å². The first-order chi connectivity index (χ1) is 17.3. The fourth-order valence-corrected chi connectivity index (χ4v) is 9.40. The maximum absolute atomic E-state index is 4.93. The van der Waals surface area contributed by atoms with Crippen LogP contribution in [0.5, 0.6) is 0 Å². The average molecular weight is 634 g/mol. The quantitative estimate of drug-likeness (QED) is 0.181. The number of rotatable bonds is 1. The Morgan fingerprint density at radius 3 is 2.08 bits per heavy atom. The van der Waals surface area contributed by atoms with E-state index in [1.165, 1.54) is 65.1 Å². The van der Waals surface area contributed by atoms with E-state index >= 15 is 0 Å². The van der Waals surface area contributed by atoms with Gasteiger partial charge in [-0.3, -0.25) is 0 Å². The first-order valence-corrected chi connectivity index (χ1v) is 13.5. The Kier molecular flexibility index (Phi) is 4.44. The van der Waals surface area contributed by atoms with Crippen molar-refractivity contribution in [3.8, 4) is 22.3 Å². The van der Waals surface area contributed by atoms with Crippen molar-refractivity contribution in [3.05, 3.63) is 96.1 Å². The average Bonchev–Trinajstić information content (AvgIpc) is 3.41. The fourth-order valence-electron chi connectivity index (χ4n) is 9.40. The van der Waals surface area contributed by atoms with Crippen LogP contribution >= 0.6 is 0 Å². The van der Waals surface area contributed by atoms with E-state index in [0.717, 1.165) is 34.7 Å². The molecule has 1 heterocycles. The van der Waals surface area contributed by atoms with Crippen LogP contribution in [0.3, 0.4) is 0 Å². The minimum atomic E-state index is 0. The van der Waals surface area contributed by atoms with Gasteiger partial charge in [0.15, 0.2) is 0 Å². The number of fused-ring (bicyclic) bond motifs is 6. The molecule has 0 unspecified atom stereocenters. The summed E-state index contributed by atoms with van der Waals surface area (Å²) in [4.78, 5) is 4.93. The van der Waals surface area contributed by atoms with Crippen molar-refractivity contribution in [2.24, 2.45) is 23.7 Å². The van der Waals surface area contributed by atoms with E-state index in [-0.39, 0.29) is 26.5 Å². The summed E-state index contributed by atoms with van der Waals surface area (Å²) < 4.78 is 0. The number of para-hydroxylation sites is 1. The molecular weight excluding hydrogens is 606 g/mol. The number of benzene rings is 4. The Bertz CT molecular complexity index is 1650. The summed E-state index contributed by atoms with van der Waals surface area (Å²) in [6.07, 6.45) is 7.25. The molecular formula is C34H28NW-. The summed E-state index contributed by atoms with van der Waals surface area (Å²) in [7, 11) is 0. The molecule has 1 spiro atoms. The third-order valence-electron chi connectivity index (χ3n) is 10.3. The summed E-state index contributed by atoms with van der Waals surface area (Å²) in [5, 5.41) is 2.55. The molecule has 0 radical (unpaired) electrons. The van der Waals surface area contributed by atoms with Crippen LogP contribution in [-0.4, -0.2) is 0 Å². The molecule has 10 rings (SSSR count). The smallest absolute Gasteiger partial charge is 0.0271 e. The first kappa shape index (κ1) is 21.5. The monoisotopic (exact) mass is 634 g/mol. The molecule has 4 aromatic carbocycles. The summed E-state index contributed by atoms with van der Waals surface area (Å²) in [6, 6.07) is 32.1. The van der Waals surface area contributed by atoms with Gasteiger partial charge in [-0.15, -0.1) is 11.0 Å². The second-order valence-electron chi connectivity index (χ2n) is 11.8. The standard InChI is InChI=1S/C34H28N.W/c1-3-9-29-26(6-1)28-19-22(25-8-5-11-32-33(25)27-7-2-4-10-31(27)35-32)12-13-30(28)34(29)23-15-20-14-21(17-23)18-24(34)16-20;/h1-13,19-21,23-24H,14-18H2;/q-1;. The molecule has 0 atom stereocenters. The van der Waals surface area contributed by atoms with Gasteiger partial charge in [0.25, 0.3) is 0 Å². The second-order valence-corrected chi connectivity index (χ2v) is 11.8. The van der Waals surface area contributed by atoms with Gasteiger partial charge in [0.1, 0.15) is 0 Å². The van der Waals surface area contributed by atoms with Gasteiger partial charge < -0.3 is 4.98 Å². The molecule has 0 N–H and O–H groups in total. The number of hydrogen-bond donors (Lipinski definition) is 0. The molecule has 4 saturated carbocycles. The van der Waals surface area contributed by atoms with Gasteiger partial charge in [-0.2, -0.15) is 0 Å². The second kappa shape index (κ2) is 7.45. The summed E-state index contributed by atoms with van der Waals surface area (Å²) >= 11 is 0. The zero-order valence-corrected chi connectivity index (χ0v) is 23.2. The maximum Gasteiger partial charge on any atom is 0.0271 e. The molecule has 5 aromatic rings. The van der Waals surface area contributed by atoms with E-state index in [1.807, 2.05) is 0 Å². The Hall–Kier alpha value is -2.63. The predicted octanol–water partition coefficient (Wildman–Crippen LogP) is 8.34. The summed E-state index contributed by atoms with van der Waals surface area (Å²) in [5.41, 5.74) is 11.3. The van der Waals surface area contributed by atoms with Gasteiger partial charge in [-0.1, -0.05) is 78.9 Å². The Morgan fingerprint density at radius 1 is 0.583 bits per heavy atom. The topological polar surface area (TPSA) is 14.1 Å². The van der Waals surface area contributed by atoms with Crippen LogP contribution in [0.15, 0.2) is 84.9 Å². The number of nitrogens with zero attached hydrogens (tertiary/aromatic N) is 1. The molecule has 36 heavy (non-hydrogen) atoms. The van der Waals surface area contributed by atoms with E-state index in [1.54, 1.807) is 11.1 Å². The molecule has 0 amide bonds. The molecule has 4 bridgehead atoms. The Labute approximate surface area is 226 Å². The van der Waals surface area contributed by atoms with Gasteiger partial charge >= 0.3 is 0 Å². The third kappa shape index (κ3) is 2.56. The van der Waals surface area contributed by atoms with E-state index in [4.69, 9.17) is 4.98 Å². The van der Waals surface area contributed by atoms with Crippen LogP contribution in [0.25, 0.3) is 44.1 Å². The molecule has 1 aromatic heterocycles. The minimum Gasteiger partial charge on any atom is -0.657 e. The van der Waals surface area contributed by atoms with Crippen LogP contribution in [0.2, 0.25) is 0 Å². The van der Waals surface area contributed by atoms with Gasteiger partial charge in [-0.25, -0.2) is 0 Å². The first-order valence-electron chi connectivity index (χ1n) is 13.5. The zero-order chi connectivity index (χ0) is 22.7. The van der Waals surface area contributed by atoms with E-state index in [0.29, 0.717) is 0 Å². The van der Waals surface area contributed by atoms with Crippen LogP contribution in [0, 0.1) is 23.7 Å². The molecule has 176 valence electrons. The van der Waals surface area contributed by atoms with Gasteiger partial charge in [-0.05, 0) is 106 Å². The molecule has 1 nitrogen and oxygen atoms in total. The third-order valence-corrected chi connectivity index (χ3v) is 10.3. The van der Waals surface area contributed by atoms with Crippen molar-refractivity contribution >= 4 is 21.8 Å². The normalized spacial score (nSPS) is 29.0. The van der Waals surface area contributed by atoms with Crippen molar-refractivity contribution in [2.75, 3.05) is 0 Å². The van der Waals surface area contributed by atoms with Crippen molar-refractivity contribution in [2.45, 2.75) is 37.5 Å². The van der Waals surface area contributed by atoms with Crippen LogP contribution in [0.4, 0.5) is 0 Å². The Morgan fingerprint density at radius 2 is 1.25 bits per heavy atom.